The second-order valence-corrected chi connectivity index (χ2v) is 7.00. The first kappa shape index (κ1) is 16.5. The molecule has 0 amide bonds. The summed E-state index contributed by atoms with van der Waals surface area (Å²) in [4.78, 5) is 0. The van der Waals surface area contributed by atoms with E-state index >= 15 is 0 Å². The van der Waals surface area contributed by atoms with Crippen LogP contribution in [-0.4, -0.2) is 6.54 Å². The van der Waals surface area contributed by atoms with Crippen molar-refractivity contribution in [3.8, 4) is 0 Å². The molecule has 0 heterocycles. The van der Waals surface area contributed by atoms with Crippen molar-refractivity contribution in [1.29, 1.82) is 0 Å². The fourth-order valence-corrected chi connectivity index (χ4v) is 3.59. The molecule has 1 nitrogen and oxygen atoms in total. The highest BCUT2D eigenvalue weighted by Gasteiger charge is 2.23. The molecule has 1 fully saturated rings. The van der Waals surface area contributed by atoms with Crippen LogP contribution in [0.5, 0.6) is 0 Å². The third kappa shape index (κ3) is 4.85. The number of rotatable bonds is 6. The molecule has 1 unspecified atom stereocenters. The predicted octanol–water partition coefficient (Wildman–Crippen LogP) is 5.82. The third-order valence-corrected chi connectivity index (χ3v) is 4.95. The van der Waals surface area contributed by atoms with Crippen LogP contribution in [0.15, 0.2) is 24.3 Å². The lowest BCUT2D eigenvalue weighted by molar-refractivity contribution is 0.325. The van der Waals surface area contributed by atoms with Crippen molar-refractivity contribution in [1.82, 2.24) is 5.32 Å². The van der Waals surface area contributed by atoms with Crippen molar-refractivity contribution in [2.45, 2.75) is 77.7 Å². The highest BCUT2D eigenvalue weighted by molar-refractivity contribution is 5.27. The molecule has 0 saturated heterocycles. The van der Waals surface area contributed by atoms with Crippen molar-refractivity contribution in [2.24, 2.45) is 5.92 Å². The molecular formula is C20H33N. The van der Waals surface area contributed by atoms with E-state index in [1.807, 2.05) is 0 Å². The van der Waals surface area contributed by atoms with Gasteiger partial charge in [-0.15, -0.1) is 0 Å². The zero-order chi connectivity index (χ0) is 15.1. The van der Waals surface area contributed by atoms with Crippen LogP contribution in [0, 0.1) is 5.92 Å². The molecule has 1 atom stereocenters. The van der Waals surface area contributed by atoms with Crippen LogP contribution in [0.2, 0.25) is 0 Å². The standard InChI is InChI=1S/C20H33N/c1-4-15-21-20(18-9-7-5-6-8-10-18)19-13-11-17(12-14-19)16(2)3/h11-14,16,18,20-21H,4-10,15H2,1-3H3. The maximum atomic E-state index is 3.83. The van der Waals surface area contributed by atoms with Gasteiger partial charge in [-0.2, -0.15) is 0 Å². The van der Waals surface area contributed by atoms with Crippen molar-refractivity contribution in [2.75, 3.05) is 6.54 Å². The Morgan fingerprint density at radius 1 is 0.952 bits per heavy atom. The molecule has 1 saturated carbocycles. The molecule has 0 bridgehead atoms. The highest BCUT2D eigenvalue weighted by Crippen LogP contribution is 2.34. The molecule has 0 spiro atoms. The lowest BCUT2D eigenvalue weighted by Crippen LogP contribution is -2.29. The summed E-state index contributed by atoms with van der Waals surface area (Å²) < 4.78 is 0. The van der Waals surface area contributed by atoms with Gasteiger partial charge >= 0.3 is 0 Å². The van der Waals surface area contributed by atoms with E-state index in [1.54, 1.807) is 0 Å². The maximum absolute atomic E-state index is 3.83. The average Bonchev–Trinajstić information content (AvgIpc) is 2.77. The van der Waals surface area contributed by atoms with Crippen molar-refractivity contribution in [3.63, 3.8) is 0 Å². The normalized spacial score (nSPS) is 18.7. The Morgan fingerprint density at radius 2 is 1.52 bits per heavy atom. The van der Waals surface area contributed by atoms with Gasteiger partial charge in [-0.05, 0) is 48.8 Å². The smallest absolute Gasteiger partial charge is 0.0348 e. The topological polar surface area (TPSA) is 12.0 Å². The first-order valence-electron chi connectivity index (χ1n) is 9.05. The SMILES string of the molecule is CCCNC(c1ccc(C(C)C)cc1)C1CCCCCC1. The van der Waals surface area contributed by atoms with Gasteiger partial charge in [0.2, 0.25) is 0 Å². The summed E-state index contributed by atoms with van der Waals surface area (Å²) in [5.41, 5.74) is 2.95. The van der Waals surface area contributed by atoms with Gasteiger partial charge in [-0.25, -0.2) is 0 Å². The monoisotopic (exact) mass is 287 g/mol. The van der Waals surface area contributed by atoms with Crippen LogP contribution < -0.4 is 5.32 Å². The van der Waals surface area contributed by atoms with Crippen LogP contribution in [0.4, 0.5) is 0 Å². The van der Waals surface area contributed by atoms with Gasteiger partial charge in [0.25, 0.3) is 0 Å². The van der Waals surface area contributed by atoms with Gasteiger partial charge in [-0.3, -0.25) is 0 Å². The molecule has 1 aliphatic carbocycles. The second-order valence-electron chi connectivity index (χ2n) is 7.00. The largest absolute Gasteiger partial charge is 0.310 e. The molecule has 1 aromatic carbocycles. The Hall–Kier alpha value is -0.820. The quantitative estimate of drug-likeness (QED) is 0.650. The van der Waals surface area contributed by atoms with E-state index in [0.717, 1.165) is 12.5 Å². The van der Waals surface area contributed by atoms with E-state index < -0.39 is 0 Å². The summed E-state index contributed by atoms with van der Waals surface area (Å²) in [7, 11) is 0. The van der Waals surface area contributed by atoms with Gasteiger partial charge in [0.1, 0.15) is 0 Å². The molecule has 21 heavy (non-hydrogen) atoms. The summed E-state index contributed by atoms with van der Waals surface area (Å²) in [6, 6.07) is 9.96. The lowest BCUT2D eigenvalue weighted by Gasteiger charge is -2.28. The second kappa shape index (κ2) is 8.58. The van der Waals surface area contributed by atoms with Gasteiger partial charge in [0.05, 0.1) is 0 Å². The molecule has 0 aliphatic heterocycles. The maximum Gasteiger partial charge on any atom is 0.0348 e. The van der Waals surface area contributed by atoms with Crippen LogP contribution in [0.25, 0.3) is 0 Å². The van der Waals surface area contributed by atoms with E-state index in [0.29, 0.717) is 12.0 Å². The van der Waals surface area contributed by atoms with Crippen LogP contribution >= 0.6 is 0 Å². The molecule has 1 aliphatic rings. The van der Waals surface area contributed by atoms with Crippen LogP contribution in [-0.2, 0) is 0 Å². The highest BCUT2D eigenvalue weighted by atomic mass is 14.9. The van der Waals surface area contributed by atoms with Gasteiger partial charge < -0.3 is 5.32 Å². The molecule has 1 aromatic rings. The molecule has 1 heteroatoms. The van der Waals surface area contributed by atoms with Crippen molar-refractivity contribution in [3.05, 3.63) is 35.4 Å². The molecular weight excluding hydrogens is 254 g/mol. The number of benzene rings is 1. The van der Waals surface area contributed by atoms with Crippen molar-refractivity contribution >= 4 is 0 Å². The lowest BCUT2D eigenvalue weighted by atomic mass is 9.86. The number of nitrogens with one attached hydrogen (secondary N) is 1. The summed E-state index contributed by atoms with van der Waals surface area (Å²) in [5.74, 6) is 1.45. The zero-order valence-corrected chi connectivity index (χ0v) is 14.2. The minimum atomic E-state index is 0.560. The molecule has 0 radical (unpaired) electrons. The van der Waals surface area contributed by atoms with E-state index in [-0.39, 0.29) is 0 Å². The summed E-state index contributed by atoms with van der Waals surface area (Å²) in [5, 5.41) is 3.83. The van der Waals surface area contributed by atoms with E-state index in [1.165, 1.54) is 56.1 Å². The summed E-state index contributed by atoms with van der Waals surface area (Å²) in [6.07, 6.45) is 9.71. The Bertz CT molecular complexity index is 385. The first-order chi connectivity index (χ1) is 10.2. The van der Waals surface area contributed by atoms with Crippen LogP contribution in [0.1, 0.15) is 88.8 Å². The average molecular weight is 287 g/mol. The Kier molecular flexibility index (Phi) is 6.76. The number of hydrogen-bond acceptors (Lipinski definition) is 1. The minimum Gasteiger partial charge on any atom is -0.310 e. The summed E-state index contributed by atoms with van der Waals surface area (Å²) >= 11 is 0. The third-order valence-electron chi connectivity index (χ3n) is 4.95. The molecule has 0 aromatic heterocycles. The van der Waals surface area contributed by atoms with E-state index in [2.05, 4.69) is 50.4 Å². The fraction of sp³-hybridized carbons (Fsp3) is 0.700. The summed E-state index contributed by atoms with van der Waals surface area (Å²) in [6.45, 7) is 7.94. The van der Waals surface area contributed by atoms with Gasteiger partial charge in [0.15, 0.2) is 0 Å². The van der Waals surface area contributed by atoms with Crippen molar-refractivity contribution < 1.29 is 0 Å². The first-order valence-corrected chi connectivity index (χ1v) is 9.05. The minimum absolute atomic E-state index is 0.560. The molecule has 118 valence electrons. The Labute approximate surface area is 131 Å². The van der Waals surface area contributed by atoms with Gasteiger partial charge in [0, 0.05) is 6.04 Å². The van der Waals surface area contributed by atoms with E-state index in [9.17, 15) is 0 Å². The Morgan fingerprint density at radius 3 is 2.05 bits per heavy atom. The van der Waals surface area contributed by atoms with E-state index in [4.69, 9.17) is 0 Å². The molecule has 2 rings (SSSR count). The number of hydrogen-bond donors (Lipinski definition) is 1. The van der Waals surface area contributed by atoms with Crippen LogP contribution in [0.3, 0.4) is 0 Å². The zero-order valence-electron chi connectivity index (χ0n) is 14.2. The fourth-order valence-electron chi connectivity index (χ4n) is 3.59. The van der Waals surface area contributed by atoms with Gasteiger partial charge in [-0.1, -0.05) is 70.7 Å². The predicted molar refractivity (Wildman–Crippen MR) is 92.8 cm³/mol. The molecule has 1 N–H and O–H groups in total. The Balaban J connectivity index is 2.13.